The van der Waals surface area contributed by atoms with Gasteiger partial charge >= 0.3 is 6.18 Å². The SMILES string of the molecule is Cc1cc(NC(=O)C2COc3ccccc3C2)n(-c2cccc(C(F)(F)F)c2)n1. The number of hydrogen-bond acceptors (Lipinski definition) is 3. The Labute approximate surface area is 165 Å². The molecule has 1 aliphatic heterocycles. The number of nitrogens with zero attached hydrogens (tertiary/aromatic N) is 2. The predicted octanol–water partition coefficient (Wildman–Crippen LogP) is 4.39. The molecule has 1 aromatic heterocycles. The monoisotopic (exact) mass is 401 g/mol. The third-order valence-corrected chi connectivity index (χ3v) is 4.75. The third-order valence-electron chi connectivity index (χ3n) is 4.75. The maximum atomic E-state index is 13.1. The smallest absolute Gasteiger partial charge is 0.416 e. The number of rotatable bonds is 3. The summed E-state index contributed by atoms with van der Waals surface area (Å²) in [6, 6.07) is 14.0. The van der Waals surface area contributed by atoms with Crippen molar-refractivity contribution in [2.24, 2.45) is 5.92 Å². The van der Waals surface area contributed by atoms with Crippen molar-refractivity contribution >= 4 is 11.7 Å². The summed E-state index contributed by atoms with van der Waals surface area (Å²) in [4.78, 5) is 12.8. The van der Waals surface area contributed by atoms with Crippen LogP contribution in [0.4, 0.5) is 19.0 Å². The maximum Gasteiger partial charge on any atom is 0.416 e. The number of carbonyl (C=O) groups is 1. The van der Waals surface area contributed by atoms with Gasteiger partial charge in [-0.3, -0.25) is 4.79 Å². The number of ether oxygens (including phenoxy) is 1. The lowest BCUT2D eigenvalue weighted by Gasteiger charge is -2.24. The van der Waals surface area contributed by atoms with E-state index in [1.807, 2.05) is 24.3 Å². The molecule has 1 atom stereocenters. The van der Waals surface area contributed by atoms with E-state index in [1.54, 1.807) is 13.0 Å². The van der Waals surface area contributed by atoms with Crippen LogP contribution in [-0.4, -0.2) is 22.3 Å². The second kappa shape index (κ2) is 7.27. The van der Waals surface area contributed by atoms with Crippen LogP contribution in [0.3, 0.4) is 0 Å². The molecule has 5 nitrogen and oxygen atoms in total. The van der Waals surface area contributed by atoms with Gasteiger partial charge in [0.15, 0.2) is 0 Å². The molecular weight excluding hydrogens is 383 g/mol. The van der Waals surface area contributed by atoms with Crippen molar-refractivity contribution in [1.29, 1.82) is 0 Å². The zero-order chi connectivity index (χ0) is 20.6. The minimum absolute atomic E-state index is 0.216. The van der Waals surface area contributed by atoms with Gasteiger partial charge in [0.2, 0.25) is 5.91 Å². The van der Waals surface area contributed by atoms with Crippen molar-refractivity contribution in [2.75, 3.05) is 11.9 Å². The van der Waals surface area contributed by atoms with Crippen molar-refractivity contribution in [2.45, 2.75) is 19.5 Å². The van der Waals surface area contributed by atoms with E-state index >= 15 is 0 Å². The lowest BCUT2D eigenvalue weighted by atomic mass is 9.96. The number of amides is 1. The first-order valence-electron chi connectivity index (χ1n) is 9.07. The maximum absolute atomic E-state index is 13.1. The quantitative estimate of drug-likeness (QED) is 0.708. The summed E-state index contributed by atoms with van der Waals surface area (Å²) in [6.07, 6.45) is -3.94. The van der Waals surface area contributed by atoms with E-state index < -0.39 is 17.7 Å². The number of hydrogen-bond donors (Lipinski definition) is 1. The highest BCUT2D eigenvalue weighted by molar-refractivity contribution is 5.92. The molecule has 1 N–H and O–H groups in total. The molecule has 1 aliphatic rings. The minimum atomic E-state index is -4.46. The number of para-hydroxylation sites is 1. The molecule has 0 radical (unpaired) electrons. The largest absolute Gasteiger partial charge is 0.492 e. The van der Waals surface area contributed by atoms with Crippen molar-refractivity contribution in [3.8, 4) is 11.4 Å². The minimum Gasteiger partial charge on any atom is -0.492 e. The molecule has 0 fully saturated rings. The second-order valence-electron chi connectivity index (χ2n) is 6.94. The summed E-state index contributed by atoms with van der Waals surface area (Å²) in [5, 5.41) is 7.03. The second-order valence-corrected chi connectivity index (χ2v) is 6.94. The number of anilines is 1. The molecule has 1 unspecified atom stereocenters. The van der Waals surface area contributed by atoms with Gasteiger partial charge in [0, 0.05) is 6.07 Å². The molecule has 8 heteroatoms. The van der Waals surface area contributed by atoms with Gasteiger partial charge in [0.25, 0.3) is 0 Å². The fourth-order valence-corrected chi connectivity index (χ4v) is 3.32. The van der Waals surface area contributed by atoms with Crippen LogP contribution in [0.25, 0.3) is 5.69 Å². The molecule has 150 valence electrons. The van der Waals surface area contributed by atoms with E-state index in [4.69, 9.17) is 4.74 Å². The van der Waals surface area contributed by atoms with Gasteiger partial charge in [-0.25, -0.2) is 4.68 Å². The van der Waals surface area contributed by atoms with E-state index in [1.165, 1.54) is 16.8 Å². The van der Waals surface area contributed by atoms with Gasteiger partial charge in [0.1, 0.15) is 18.2 Å². The highest BCUT2D eigenvalue weighted by atomic mass is 19.4. The number of benzene rings is 2. The van der Waals surface area contributed by atoms with E-state index in [2.05, 4.69) is 10.4 Å². The van der Waals surface area contributed by atoms with Crippen molar-refractivity contribution in [3.63, 3.8) is 0 Å². The van der Waals surface area contributed by atoms with Crippen LogP contribution in [-0.2, 0) is 17.4 Å². The van der Waals surface area contributed by atoms with Crippen molar-refractivity contribution in [3.05, 3.63) is 71.4 Å². The lowest BCUT2D eigenvalue weighted by molar-refractivity contribution is -0.137. The van der Waals surface area contributed by atoms with Gasteiger partial charge in [-0.2, -0.15) is 18.3 Å². The molecule has 0 aliphatic carbocycles. The molecule has 1 amide bonds. The number of aromatic nitrogens is 2. The van der Waals surface area contributed by atoms with Gasteiger partial charge in [-0.15, -0.1) is 0 Å². The predicted molar refractivity (Wildman–Crippen MR) is 101 cm³/mol. The first-order chi connectivity index (χ1) is 13.8. The van der Waals surface area contributed by atoms with Crippen LogP contribution in [0.5, 0.6) is 5.75 Å². The van der Waals surface area contributed by atoms with Gasteiger partial charge in [-0.05, 0) is 43.2 Å². The zero-order valence-corrected chi connectivity index (χ0v) is 15.5. The summed E-state index contributed by atoms with van der Waals surface area (Å²) in [7, 11) is 0. The van der Waals surface area contributed by atoms with Crippen LogP contribution < -0.4 is 10.1 Å². The third kappa shape index (κ3) is 3.96. The Bertz CT molecular complexity index is 1060. The van der Waals surface area contributed by atoms with Crippen LogP contribution in [0.1, 0.15) is 16.8 Å². The molecule has 29 heavy (non-hydrogen) atoms. The fourth-order valence-electron chi connectivity index (χ4n) is 3.32. The van der Waals surface area contributed by atoms with Gasteiger partial charge in [-0.1, -0.05) is 24.3 Å². The van der Waals surface area contributed by atoms with Crippen LogP contribution in [0, 0.1) is 12.8 Å². The Morgan fingerprint density at radius 2 is 1.97 bits per heavy atom. The van der Waals surface area contributed by atoms with Crippen LogP contribution in [0.15, 0.2) is 54.6 Å². The lowest BCUT2D eigenvalue weighted by Crippen LogP contribution is -2.33. The number of aryl methyl sites for hydroxylation is 1. The fraction of sp³-hybridized carbons (Fsp3) is 0.238. The summed E-state index contributed by atoms with van der Waals surface area (Å²) < 4.78 is 46.1. The Morgan fingerprint density at radius 1 is 1.17 bits per heavy atom. The molecule has 0 saturated carbocycles. The average Bonchev–Trinajstić information content (AvgIpc) is 3.07. The first-order valence-corrected chi connectivity index (χ1v) is 9.07. The summed E-state index contributed by atoms with van der Waals surface area (Å²) in [5.41, 5.74) is 0.954. The number of alkyl halides is 3. The number of carbonyl (C=O) groups excluding carboxylic acids is 1. The highest BCUT2D eigenvalue weighted by Gasteiger charge is 2.31. The van der Waals surface area contributed by atoms with Crippen molar-refractivity contribution in [1.82, 2.24) is 9.78 Å². The van der Waals surface area contributed by atoms with Gasteiger partial charge in [0.05, 0.1) is 22.9 Å². The Balaban J connectivity index is 1.57. The molecule has 4 rings (SSSR count). The Hall–Kier alpha value is -3.29. The molecule has 3 aromatic rings. The zero-order valence-electron chi connectivity index (χ0n) is 15.5. The molecule has 2 heterocycles. The first kappa shape index (κ1) is 19.0. The number of halogens is 3. The van der Waals surface area contributed by atoms with Crippen LogP contribution >= 0.6 is 0 Å². The van der Waals surface area contributed by atoms with E-state index in [0.29, 0.717) is 17.9 Å². The molecule has 0 bridgehead atoms. The normalized spacial score (nSPS) is 16.1. The summed E-state index contributed by atoms with van der Waals surface area (Å²) in [5.74, 6) is 0.398. The summed E-state index contributed by atoms with van der Waals surface area (Å²) in [6.45, 7) is 1.94. The molecular formula is C21H18F3N3O2. The standard InChI is InChI=1S/C21H18F3N3O2/c1-13-9-19(27(26-13)17-7-4-6-16(11-17)21(22,23)24)25-20(28)15-10-14-5-2-3-8-18(14)29-12-15/h2-9,11,15H,10,12H2,1H3,(H,25,28). The van der Waals surface area contributed by atoms with E-state index in [0.717, 1.165) is 23.4 Å². The molecule has 2 aromatic carbocycles. The Morgan fingerprint density at radius 3 is 2.76 bits per heavy atom. The molecule has 0 spiro atoms. The van der Waals surface area contributed by atoms with Crippen LogP contribution in [0.2, 0.25) is 0 Å². The van der Waals surface area contributed by atoms with E-state index in [9.17, 15) is 18.0 Å². The summed E-state index contributed by atoms with van der Waals surface area (Å²) >= 11 is 0. The number of fused-ring (bicyclic) bond motifs is 1. The van der Waals surface area contributed by atoms with E-state index in [-0.39, 0.29) is 18.2 Å². The highest BCUT2D eigenvalue weighted by Crippen LogP contribution is 2.31. The topological polar surface area (TPSA) is 56.1 Å². The van der Waals surface area contributed by atoms with Gasteiger partial charge < -0.3 is 10.1 Å². The molecule has 0 saturated heterocycles. The average molecular weight is 401 g/mol. The van der Waals surface area contributed by atoms with Crippen molar-refractivity contribution < 1.29 is 22.7 Å². The number of nitrogens with one attached hydrogen (secondary N) is 1. The Kier molecular flexibility index (Phi) is 4.77.